The van der Waals surface area contributed by atoms with E-state index in [1.807, 2.05) is 36.4 Å². The number of halogens is 2. The monoisotopic (exact) mass is 418 g/mol. The molecule has 0 spiro atoms. The van der Waals surface area contributed by atoms with Gasteiger partial charge in [0.1, 0.15) is 11.6 Å². The fourth-order valence-corrected chi connectivity index (χ4v) is 3.99. The third-order valence-electron chi connectivity index (χ3n) is 5.59. The molecule has 1 saturated heterocycles. The highest BCUT2D eigenvalue weighted by Crippen LogP contribution is 2.29. The molecule has 0 unspecified atom stereocenters. The third-order valence-corrected chi connectivity index (χ3v) is 5.59. The van der Waals surface area contributed by atoms with Gasteiger partial charge in [0.05, 0.1) is 6.04 Å². The Morgan fingerprint density at radius 1 is 0.806 bits per heavy atom. The Morgan fingerprint density at radius 3 is 1.94 bits per heavy atom. The van der Waals surface area contributed by atoms with E-state index in [9.17, 15) is 13.6 Å². The zero-order valence-electron chi connectivity index (χ0n) is 17.1. The minimum absolute atomic E-state index is 0.128. The normalized spacial score (nSPS) is 15.0. The summed E-state index contributed by atoms with van der Waals surface area (Å²) in [5, 5.41) is 0. The van der Waals surface area contributed by atoms with Gasteiger partial charge in [-0.2, -0.15) is 0 Å². The fourth-order valence-electron chi connectivity index (χ4n) is 3.99. The number of carbonyl (C=O) groups is 1. The number of nitrogens with zero attached hydrogens (tertiary/aromatic N) is 2. The Kier molecular flexibility index (Phi) is 6.53. The predicted octanol–water partition coefficient (Wildman–Crippen LogP) is 4.91. The molecule has 0 aromatic heterocycles. The maximum atomic E-state index is 13.8. The van der Waals surface area contributed by atoms with E-state index in [-0.39, 0.29) is 17.5 Å². The molecule has 0 saturated carbocycles. The van der Waals surface area contributed by atoms with E-state index in [0.717, 1.165) is 19.2 Å². The molecule has 4 rings (SSSR count). The van der Waals surface area contributed by atoms with E-state index in [1.165, 1.54) is 35.4 Å². The summed E-state index contributed by atoms with van der Waals surface area (Å²) in [4.78, 5) is 16.7. The molecule has 1 amide bonds. The first-order valence-electron chi connectivity index (χ1n) is 10.4. The molecule has 3 aromatic rings. The number of benzene rings is 3. The van der Waals surface area contributed by atoms with Crippen molar-refractivity contribution in [2.24, 2.45) is 0 Å². The van der Waals surface area contributed by atoms with E-state index in [4.69, 9.17) is 0 Å². The highest BCUT2D eigenvalue weighted by atomic mass is 19.1. The molecule has 0 aliphatic carbocycles. The number of piperazine rings is 1. The van der Waals surface area contributed by atoms with Crippen LogP contribution < -0.4 is 0 Å². The fraction of sp³-hybridized carbons (Fsp3) is 0.192. The van der Waals surface area contributed by atoms with Crippen LogP contribution in [0.1, 0.15) is 22.7 Å². The summed E-state index contributed by atoms with van der Waals surface area (Å²) < 4.78 is 26.8. The molecule has 3 nitrogen and oxygen atoms in total. The molecule has 158 valence electrons. The van der Waals surface area contributed by atoms with Gasteiger partial charge < -0.3 is 4.90 Å². The van der Waals surface area contributed by atoms with Gasteiger partial charge in [-0.15, -0.1) is 0 Å². The van der Waals surface area contributed by atoms with Crippen LogP contribution in [-0.4, -0.2) is 41.9 Å². The van der Waals surface area contributed by atoms with Crippen molar-refractivity contribution in [1.29, 1.82) is 0 Å². The van der Waals surface area contributed by atoms with Crippen molar-refractivity contribution < 1.29 is 13.6 Å². The van der Waals surface area contributed by atoms with Crippen LogP contribution >= 0.6 is 0 Å². The Hall–Kier alpha value is -3.31. The van der Waals surface area contributed by atoms with Crippen LogP contribution in [0.15, 0.2) is 84.9 Å². The molecule has 1 fully saturated rings. The summed E-state index contributed by atoms with van der Waals surface area (Å²) >= 11 is 0. The second kappa shape index (κ2) is 9.67. The molecular weight excluding hydrogens is 394 g/mol. The van der Waals surface area contributed by atoms with Crippen molar-refractivity contribution >= 4 is 12.0 Å². The lowest BCUT2D eigenvalue weighted by Gasteiger charge is -2.39. The summed E-state index contributed by atoms with van der Waals surface area (Å²) in [6.45, 7) is 2.65. The molecule has 1 heterocycles. The first-order valence-corrected chi connectivity index (χ1v) is 10.4. The van der Waals surface area contributed by atoms with Crippen molar-refractivity contribution in [2.45, 2.75) is 6.04 Å². The van der Waals surface area contributed by atoms with Gasteiger partial charge in [-0.05, 0) is 29.3 Å². The molecule has 0 N–H and O–H groups in total. The molecular formula is C26H24F2N2O. The zero-order valence-corrected chi connectivity index (χ0v) is 17.1. The van der Waals surface area contributed by atoms with Crippen molar-refractivity contribution in [3.05, 3.63) is 113 Å². The quantitative estimate of drug-likeness (QED) is 0.550. The summed E-state index contributed by atoms with van der Waals surface area (Å²) in [7, 11) is 0. The molecule has 1 aliphatic rings. The SMILES string of the molecule is O=C(C=Cc1ccc(F)cc1F)N1CCN(C(c2ccccc2)c2ccccc2)CC1. The van der Waals surface area contributed by atoms with Crippen molar-refractivity contribution in [1.82, 2.24) is 9.80 Å². The average molecular weight is 418 g/mol. The summed E-state index contributed by atoms with van der Waals surface area (Å²) in [5.74, 6) is -1.48. The number of amides is 1. The van der Waals surface area contributed by atoms with Gasteiger partial charge in [-0.25, -0.2) is 8.78 Å². The standard InChI is InChI=1S/C26H24F2N2O/c27-23-13-11-20(24(28)19-23)12-14-25(31)29-15-17-30(18-16-29)26(21-7-3-1-4-8-21)22-9-5-2-6-10-22/h1-14,19,26H,15-18H2. The van der Waals surface area contributed by atoms with E-state index < -0.39 is 11.6 Å². The Morgan fingerprint density at radius 2 is 1.39 bits per heavy atom. The summed E-state index contributed by atoms with van der Waals surface area (Å²) in [6.07, 6.45) is 2.76. The molecule has 3 aromatic carbocycles. The first kappa shape index (κ1) is 20.9. The third kappa shape index (κ3) is 5.06. The van der Waals surface area contributed by atoms with E-state index in [2.05, 4.69) is 29.2 Å². The largest absolute Gasteiger partial charge is 0.337 e. The van der Waals surface area contributed by atoms with Gasteiger partial charge in [0.25, 0.3) is 0 Å². The number of hydrogen-bond donors (Lipinski definition) is 0. The number of rotatable bonds is 5. The van der Waals surface area contributed by atoms with E-state index in [0.29, 0.717) is 13.1 Å². The lowest BCUT2D eigenvalue weighted by atomic mass is 9.96. The average Bonchev–Trinajstić information content (AvgIpc) is 2.80. The minimum Gasteiger partial charge on any atom is -0.337 e. The van der Waals surface area contributed by atoms with Crippen LogP contribution in [-0.2, 0) is 4.79 Å². The Balaban J connectivity index is 1.44. The smallest absolute Gasteiger partial charge is 0.246 e. The van der Waals surface area contributed by atoms with Crippen LogP contribution in [0, 0.1) is 11.6 Å². The van der Waals surface area contributed by atoms with Crippen LogP contribution in [0.3, 0.4) is 0 Å². The van der Waals surface area contributed by atoms with Gasteiger partial charge in [0, 0.05) is 43.9 Å². The van der Waals surface area contributed by atoms with Crippen molar-refractivity contribution in [2.75, 3.05) is 26.2 Å². The maximum absolute atomic E-state index is 13.8. The zero-order chi connectivity index (χ0) is 21.6. The van der Waals surface area contributed by atoms with E-state index in [1.54, 1.807) is 4.90 Å². The van der Waals surface area contributed by atoms with Crippen molar-refractivity contribution in [3.8, 4) is 0 Å². The summed E-state index contributed by atoms with van der Waals surface area (Å²) in [6, 6.07) is 24.2. The van der Waals surface area contributed by atoms with Crippen molar-refractivity contribution in [3.63, 3.8) is 0 Å². The second-order valence-corrected chi connectivity index (χ2v) is 7.58. The summed E-state index contributed by atoms with van der Waals surface area (Å²) in [5.41, 5.74) is 2.64. The van der Waals surface area contributed by atoms with Gasteiger partial charge in [-0.3, -0.25) is 9.69 Å². The van der Waals surface area contributed by atoms with E-state index >= 15 is 0 Å². The Labute approximate surface area is 181 Å². The molecule has 0 radical (unpaired) electrons. The lowest BCUT2D eigenvalue weighted by Crippen LogP contribution is -2.49. The predicted molar refractivity (Wildman–Crippen MR) is 118 cm³/mol. The van der Waals surface area contributed by atoms with Crippen LogP contribution in [0.25, 0.3) is 6.08 Å². The molecule has 0 bridgehead atoms. The Bertz CT molecular complexity index is 1010. The number of carbonyl (C=O) groups excluding carboxylic acids is 1. The highest BCUT2D eigenvalue weighted by molar-refractivity contribution is 5.91. The minimum atomic E-state index is -0.678. The van der Waals surface area contributed by atoms with Crippen LogP contribution in [0.4, 0.5) is 8.78 Å². The van der Waals surface area contributed by atoms with Gasteiger partial charge in [0.2, 0.25) is 5.91 Å². The topological polar surface area (TPSA) is 23.6 Å². The maximum Gasteiger partial charge on any atom is 0.246 e. The molecule has 1 aliphatic heterocycles. The van der Waals surface area contributed by atoms with Gasteiger partial charge in [-0.1, -0.05) is 60.7 Å². The lowest BCUT2D eigenvalue weighted by molar-refractivity contribution is -0.127. The van der Waals surface area contributed by atoms with Gasteiger partial charge >= 0.3 is 0 Å². The second-order valence-electron chi connectivity index (χ2n) is 7.58. The molecule has 5 heteroatoms. The number of hydrogen-bond acceptors (Lipinski definition) is 2. The first-order chi connectivity index (χ1) is 15.1. The van der Waals surface area contributed by atoms with Crippen LogP contribution in [0.5, 0.6) is 0 Å². The van der Waals surface area contributed by atoms with Gasteiger partial charge in [0.15, 0.2) is 0 Å². The molecule has 0 atom stereocenters. The highest BCUT2D eigenvalue weighted by Gasteiger charge is 2.27. The van der Waals surface area contributed by atoms with Crippen LogP contribution in [0.2, 0.25) is 0 Å². The molecule has 31 heavy (non-hydrogen) atoms.